The van der Waals surface area contributed by atoms with Gasteiger partial charge in [-0.2, -0.15) is 0 Å². The zero-order valence-corrected chi connectivity index (χ0v) is 21.2. The Kier molecular flexibility index (Phi) is 8.69. The van der Waals surface area contributed by atoms with Crippen molar-refractivity contribution in [1.29, 1.82) is 0 Å². The summed E-state index contributed by atoms with van der Waals surface area (Å²) in [7, 11) is -2.45. The Hall–Kier alpha value is -1.95. The van der Waals surface area contributed by atoms with Gasteiger partial charge in [0.25, 0.3) is 8.32 Å². The van der Waals surface area contributed by atoms with E-state index in [2.05, 4.69) is 86.3 Å². The molecule has 1 aliphatic rings. The fraction of sp³-hybridized carbons (Fsp3) is 0.519. The van der Waals surface area contributed by atoms with E-state index < -0.39 is 8.32 Å². The van der Waals surface area contributed by atoms with Crippen molar-refractivity contribution in [2.75, 3.05) is 32.8 Å². The van der Waals surface area contributed by atoms with E-state index in [4.69, 9.17) is 9.16 Å². The lowest BCUT2D eigenvalue weighted by atomic mass is 9.98. The quantitative estimate of drug-likeness (QED) is 0.324. The van der Waals surface area contributed by atoms with E-state index in [-0.39, 0.29) is 11.0 Å². The summed E-state index contributed by atoms with van der Waals surface area (Å²) in [6, 6.07) is 21.8. The number of esters is 1. The van der Waals surface area contributed by atoms with E-state index in [0.717, 1.165) is 45.5 Å². The zero-order valence-electron chi connectivity index (χ0n) is 20.2. The molecule has 0 saturated carbocycles. The van der Waals surface area contributed by atoms with Crippen LogP contribution in [-0.2, 0) is 14.0 Å². The van der Waals surface area contributed by atoms with E-state index >= 15 is 0 Å². The second kappa shape index (κ2) is 11.3. The number of rotatable bonds is 9. The summed E-state index contributed by atoms with van der Waals surface area (Å²) in [5, 5.41) is 2.72. The molecule has 2 aromatic rings. The molecular formula is C27H39NO3Si. The number of ether oxygens (including phenoxy) is 1. The van der Waals surface area contributed by atoms with Crippen molar-refractivity contribution < 1.29 is 14.0 Å². The first-order chi connectivity index (χ1) is 15.3. The molecule has 3 rings (SSSR count). The van der Waals surface area contributed by atoms with Gasteiger partial charge in [0.2, 0.25) is 0 Å². The Bertz CT molecular complexity index is 787. The molecule has 0 N–H and O–H groups in total. The molecule has 0 spiro atoms. The maximum atomic E-state index is 10.9. The van der Waals surface area contributed by atoms with Crippen LogP contribution in [-0.4, -0.2) is 52.0 Å². The average Bonchev–Trinajstić information content (AvgIpc) is 2.78. The van der Waals surface area contributed by atoms with Crippen molar-refractivity contribution in [2.45, 2.75) is 52.0 Å². The smallest absolute Gasteiger partial charge is 0.302 e. The first-order valence-electron chi connectivity index (χ1n) is 11.9. The van der Waals surface area contributed by atoms with Crippen LogP contribution >= 0.6 is 0 Å². The largest absolute Gasteiger partial charge is 0.466 e. The molecule has 32 heavy (non-hydrogen) atoms. The average molecular weight is 454 g/mol. The summed E-state index contributed by atoms with van der Waals surface area (Å²) in [5.41, 5.74) is 0. The highest BCUT2D eigenvalue weighted by Gasteiger charge is 2.50. The molecule has 0 aliphatic carbocycles. The molecule has 4 nitrogen and oxygen atoms in total. The number of hydrogen-bond acceptors (Lipinski definition) is 4. The molecule has 2 aromatic carbocycles. The SMILES string of the molecule is CC(=O)OCCCN1CCC(CO[Si](c2ccccc2)(c2ccccc2)C(C)(C)C)CC1. The molecular weight excluding hydrogens is 414 g/mol. The van der Waals surface area contributed by atoms with Gasteiger partial charge in [-0.1, -0.05) is 81.4 Å². The van der Waals surface area contributed by atoms with Gasteiger partial charge in [-0.15, -0.1) is 0 Å². The number of hydrogen-bond donors (Lipinski definition) is 0. The third-order valence-electron chi connectivity index (χ3n) is 6.58. The molecule has 1 heterocycles. The first-order valence-corrected chi connectivity index (χ1v) is 13.8. The van der Waals surface area contributed by atoms with Crippen molar-refractivity contribution in [3.05, 3.63) is 60.7 Å². The number of benzene rings is 2. The number of carbonyl (C=O) groups excluding carboxylic acids is 1. The maximum absolute atomic E-state index is 10.9. The van der Waals surface area contributed by atoms with Gasteiger partial charge in [0.1, 0.15) is 0 Å². The molecule has 0 radical (unpaired) electrons. The predicted molar refractivity (Wildman–Crippen MR) is 134 cm³/mol. The third kappa shape index (κ3) is 6.09. The first kappa shape index (κ1) is 24.7. The Morgan fingerprint density at radius 1 is 0.969 bits per heavy atom. The zero-order chi connectivity index (χ0) is 23.0. The van der Waals surface area contributed by atoms with Gasteiger partial charge in [-0.3, -0.25) is 4.79 Å². The van der Waals surface area contributed by atoms with Crippen LogP contribution < -0.4 is 10.4 Å². The molecule has 0 amide bonds. The minimum atomic E-state index is -2.45. The Labute approximate surface area is 195 Å². The Morgan fingerprint density at radius 3 is 1.97 bits per heavy atom. The van der Waals surface area contributed by atoms with Crippen LogP contribution in [0.15, 0.2) is 60.7 Å². The number of nitrogens with zero attached hydrogens (tertiary/aromatic N) is 1. The highest BCUT2D eigenvalue weighted by atomic mass is 28.4. The lowest BCUT2D eigenvalue weighted by molar-refractivity contribution is -0.141. The van der Waals surface area contributed by atoms with E-state index in [1.165, 1.54) is 17.3 Å². The molecule has 0 unspecified atom stereocenters. The molecule has 1 fully saturated rings. The third-order valence-corrected chi connectivity index (χ3v) is 11.6. The lowest BCUT2D eigenvalue weighted by Gasteiger charge is -2.44. The molecule has 5 heteroatoms. The fourth-order valence-electron chi connectivity index (χ4n) is 4.89. The fourth-order valence-corrected chi connectivity index (χ4v) is 9.53. The van der Waals surface area contributed by atoms with Gasteiger partial charge in [-0.05, 0) is 53.7 Å². The van der Waals surface area contributed by atoms with E-state index in [1.807, 2.05) is 0 Å². The number of carbonyl (C=O) groups is 1. The number of likely N-dealkylation sites (tertiary alicyclic amines) is 1. The van der Waals surface area contributed by atoms with Crippen molar-refractivity contribution in [1.82, 2.24) is 4.90 Å². The van der Waals surface area contributed by atoms with Gasteiger partial charge in [-0.25, -0.2) is 0 Å². The topological polar surface area (TPSA) is 38.8 Å². The lowest BCUT2D eigenvalue weighted by Crippen LogP contribution is -2.67. The van der Waals surface area contributed by atoms with Crippen LogP contribution in [0.5, 0.6) is 0 Å². The van der Waals surface area contributed by atoms with Crippen molar-refractivity contribution in [3.8, 4) is 0 Å². The van der Waals surface area contributed by atoms with Crippen LogP contribution in [0.3, 0.4) is 0 Å². The van der Waals surface area contributed by atoms with Crippen LogP contribution in [0.4, 0.5) is 0 Å². The normalized spacial score (nSPS) is 16.1. The van der Waals surface area contributed by atoms with Crippen molar-refractivity contribution in [2.24, 2.45) is 5.92 Å². The highest BCUT2D eigenvalue weighted by Crippen LogP contribution is 2.37. The van der Waals surface area contributed by atoms with E-state index in [1.54, 1.807) is 0 Å². The molecule has 0 atom stereocenters. The minimum absolute atomic E-state index is 0.0210. The van der Waals surface area contributed by atoms with Gasteiger partial charge in [0.15, 0.2) is 0 Å². The summed E-state index contributed by atoms with van der Waals surface area (Å²) in [6.07, 6.45) is 3.22. The molecule has 174 valence electrons. The predicted octanol–water partition coefficient (Wildman–Crippen LogP) is 4.23. The van der Waals surface area contributed by atoms with E-state index in [0.29, 0.717) is 12.5 Å². The summed E-state index contributed by atoms with van der Waals surface area (Å²) < 4.78 is 12.2. The molecule has 0 aromatic heterocycles. The Balaban J connectivity index is 1.68. The summed E-state index contributed by atoms with van der Waals surface area (Å²) in [5.74, 6) is 0.394. The Morgan fingerprint density at radius 2 is 1.50 bits per heavy atom. The molecule has 1 saturated heterocycles. The van der Waals surface area contributed by atoms with Crippen molar-refractivity contribution in [3.63, 3.8) is 0 Å². The number of piperidine rings is 1. The monoisotopic (exact) mass is 453 g/mol. The van der Waals surface area contributed by atoms with Gasteiger partial charge in [0.05, 0.1) is 6.61 Å². The van der Waals surface area contributed by atoms with Gasteiger partial charge in [0, 0.05) is 20.1 Å². The standard InChI is InChI=1S/C27H39NO3Si/c1-23(29)30-21-11-18-28-19-16-24(17-20-28)22-31-32(27(2,3)4,25-12-7-5-8-13-25)26-14-9-6-10-15-26/h5-10,12-15,24H,11,16-22H2,1-4H3. The second-order valence-corrected chi connectivity index (χ2v) is 14.3. The summed E-state index contributed by atoms with van der Waals surface area (Å²) in [6.45, 7) is 13.0. The molecule has 1 aliphatic heterocycles. The minimum Gasteiger partial charge on any atom is -0.466 e. The molecule has 0 bridgehead atoms. The van der Waals surface area contributed by atoms with E-state index in [9.17, 15) is 4.79 Å². The van der Waals surface area contributed by atoms with Crippen LogP contribution in [0.1, 0.15) is 47.0 Å². The highest BCUT2D eigenvalue weighted by molar-refractivity contribution is 6.99. The van der Waals surface area contributed by atoms with Crippen LogP contribution in [0.25, 0.3) is 0 Å². The van der Waals surface area contributed by atoms with Crippen LogP contribution in [0, 0.1) is 5.92 Å². The maximum Gasteiger partial charge on any atom is 0.302 e. The van der Waals surface area contributed by atoms with Crippen LogP contribution in [0.2, 0.25) is 5.04 Å². The van der Waals surface area contributed by atoms with Crippen molar-refractivity contribution >= 4 is 24.7 Å². The summed E-state index contributed by atoms with van der Waals surface area (Å²) >= 11 is 0. The summed E-state index contributed by atoms with van der Waals surface area (Å²) in [4.78, 5) is 13.4. The van der Waals surface area contributed by atoms with Gasteiger partial charge >= 0.3 is 5.97 Å². The second-order valence-electron chi connectivity index (χ2n) is 9.95. The van der Waals surface area contributed by atoms with Gasteiger partial charge < -0.3 is 14.1 Å².